The minimum absolute atomic E-state index is 0.821. The molecule has 2 aromatic heterocycles. The van der Waals surface area contributed by atoms with E-state index in [1.807, 2.05) is 49.5 Å². The Balaban J connectivity index is 1.88. The van der Waals surface area contributed by atoms with E-state index in [1.165, 1.54) is 11.9 Å². The lowest BCUT2D eigenvalue weighted by atomic mass is 10.2. The van der Waals surface area contributed by atoms with Crippen LogP contribution in [0, 0.1) is 6.92 Å². The molecule has 106 valence electrons. The van der Waals surface area contributed by atoms with Crippen molar-refractivity contribution in [2.24, 2.45) is 0 Å². The Labute approximate surface area is 127 Å². The molecule has 0 aliphatic carbocycles. The summed E-state index contributed by atoms with van der Waals surface area (Å²) < 4.78 is 8.68. The Morgan fingerprint density at radius 3 is 2.76 bits per heavy atom. The fourth-order valence-electron chi connectivity index (χ4n) is 2.03. The number of nitrogens with zero attached hydrogens (tertiary/aromatic N) is 2. The number of nitrogens with one attached hydrogen (secondary N) is 1. The Morgan fingerprint density at radius 1 is 1.10 bits per heavy atom. The van der Waals surface area contributed by atoms with E-state index in [-0.39, 0.29) is 0 Å². The maximum atomic E-state index is 5.37. The minimum atomic E-state index is 0.821. The van der Waals surface area contributed by atoms with E-state index in [4.69, 9.17) is 4.74 Å². The second kappa shape index (κ2) is 6.01. The van der Waals surface area contributed by atoms with Gasteiger partial charge in [-0.05, 0) is 36.8 Å². The van der Waals surface area contributed by atoms with Crippen molar-refractivity contribution >= 4 is 28.5 Å². The van der Waals surface area contributed by atoms with Crippen LogP contribution in [0.1, 0.15) is 5.56 Å². The van der Waals surface area contributed by atoms with E-state index in [0.717, 1.165) is 32.9 Å². The predicted octanol–water partition coefficient (Wildman–Crippen LogP) is 4.07. The van der Waals surface area contributed by atoms with Gasteiger partial charge in [0.2, 0.25) is 0 Å². The van der Waals surface area contributed by atoms with E-state index in [2.05, 4.69) is 14.7 Å². The molecule has 21 heavy (non-hydrogen) atoms. The van der Waals surface area contributed by atoms with Gasteiger partial charge in [-0.15, -0.1) is 0 Å². The summed E-state index contributed by atoms with van der Waals surface area (Å²) in [6.07, 6.45) is 3.61. The average Bonchev–Trinajstić information content (AvgIpc) is 2.53. The largest absolute Gasteiger partial charge is 0.496 e. The molecule has 1 N–H and O–H groups in total. The Hall–Kier alpha value is -2.27. The highest BCUT2D eigenvalue weighted by Gasteiger charge is 2.07. The quantitative estimate of drug-likeness (QED) is 0.736. The van der Waals surface area contributed by atoms with Gasteiger partial charge in [-0.2, -0.15) is 0 Å². The molecule has 2 heterocycles. The first-order valence-corrected chi connectivity index (χ1v) is 7.37. The van der Waals surface area contributed by atoms with Crippen LogP contribution in [0.4, 0.5) is 5.69 Å². The van der Waals surface area contributed by atoms with E-state index in [1.54, 1.807) is 13.3 Å². The van der Waals surface area contributed by atoms with Gasteiger partial charge in [0.25, 0.3) is 0 Å². The van der Waals surface area contributed by atoms with Crippen LogP contribution < -0.4 is 9.46 Å². The van der Waals surface area contributed by atoms with Crippen LogP contribution in [-0.4, -0.2) is 17.1 Å². The lowest BCUT2D eigenvalue weighted by molar-refractivity contribution is 0.419. The summed E-state index contributed by atoms with van der Waals surface area (Å²) in [6.45, 7) is 2.02. The van der Waals surface area contributed by atoms with Gasteiger partial charge in [0.05, 0.1) is 18.3 Å². The summed E-state index contributed by atoms with van der Waals surface area (Å²) >= 11 is 1.47. The molecular formula is C16H15N3OS. The molecule has 0 aliphatic rings. The molecule has 0 spiro atoms. The van der Waals surface area contributed by atoms with Crippen LogP contribution in [0.5, 0.6) is 5.75 Å². The zero-order valence-electron chi connectivity index (χ0n) is 11.8. The highest BCUT2D eigenvalue weighted by atomic mass is 32.2. The SMILES string of the molecule is COc1ccnc2c(NSc3ccc(C)cn3)cccc12. The lowest BCUT2D eigenvalue weighted by Crippen LogP contribution is -1.93. The Morgan fingerprint density at radius 2 is 2.00 bits per heavy atom. The van der Waals surface area contributed by atoms with Crippen molar-refractivity contribution in [3.05, 3.63) is 54.4 Å². The first-order valence-electron chi connectivity index (χ1n) is 6.55. The van der Waals surface area contributed by atoms with Gasteiger partial charge in [0.1, 0.15) is 10.8 Å². The molecule has 0 atom stereocenters. The number of hydrogen-bond donors (Lipinski definition) is 1. The van der Waals surface area contributed by atoms with Crippen LogP contribution >= 0.6 is 11.9 Å². The summed E-state index contributed by atoms with van der Waals surface area (Å²) in [5.41, 5.74) is 2.98. The summed E-state index contributed by atoms with van der Waals surface area (Å²) in [4.78, 5) is 8.80. The minimum Gasteiger partial charge on any atom is -0.496 e. The van der Waals surface area contributed by atoms with Crippen molar-refractivity contribution in [3.63, 3.8) is 0 Å². The van der Waals surface area contributed by atoms with Crippen molar-refractivity contribution < 1.29 is 4.74 Å². The summed E-state index contributed by atoms with van der Waals surface area (Å²) in [5, 5.41) is 1.91. The van der Waals surface area contributed by atoms with E-state index < -0.39 is 0 Å². The van der Waals surface area contributed by atoms with Crippen molar-refractivity contribution in [3.8, 4) is 5.75 Å². The molecule has 0 aliphatic heterocycles. The number of aryl methyl sites for hydroxylation is 1. The molecule has 0 fully saturated rings. The second-order valence-electron chi connectivity index (χ2n) is 4.59. The molecule has 5 heteroatoms. The standard InChI is InChI=1S/C16H15N3OS/c1-11-6-7-15(18-10-11)21-19-13-5-3-4-12-14(20-2)8-9-17-16(12)13/h3-10,19H,1-2H3. The molecule has 0 saturated heterocycles. The Bertz CT molecular complexity index is 759. The third-order valence-electron chi connectivity index (χ3n) is 3.10. The van der Waals surface area contributed by atoms with Gasteiger partial charge >= 0.3 is 0 Å². The molecule has 0 saturated carbocycles. The smallest absolute Gasteiger partial charge is 0.129 e. The van der Waals surface area contributed by atoms with Gasteiger partial charge in [-0.3, -0.25) is 4.98 Å². The van der Waals surface area contributed by atoms with Gasteiger partial charge in [0, 0.05) is 29.7 Å². The normalized spacial score (nSPS) is 10.6. The third-order valence-corrected chi connectivity index (χ3v) is 3.87. The monoisotopic (exact) mass is 297 g/mol. The number of rotatable bonds is 4. The number of anilines is 1. The van der Waals surface area contributed by atoms with Crippen LogP contribution in [-0.2, 0) is 0 Å². The molecule has 3 aromatic rings. The maximum Gasteiger partial charge on any atom is 0.129 e. The van der Waals surface area contributed by atoms with Crippen molar-refractivity contribution in [2.45, 2.75) is 11.9 Å². The number of benzene rings is 1. The summed E-state index contributed by atoms with van der Waals surface area (Å²) in [7, 11) is 1.67. The van der Waals surface area contributed by atoms with Gasteiger partial charge < -0.3 is 9.46 Å². The summed E-state index contributed by atoms with van der Waals surface area (Å²) in [6, 6.07) is 11.9. The fraction of sp³-hybridized carbons (Fsp3) is 0.125. The average molecular weight is 297 g/mol. The fourth-order valence-corrected chi connectivity index (χ4v) is 2.65. The number of methoxy groups -OCH3 is 1. The van der Waals surface area contributed by atoms with Gasteiger partial charge in [0.15, 0.2) is 0 Å². The number of pyridine rings is 2. The number of fused-ring (bicyclic) bond motifs is 1. The highest BCUT2D eigenvalue weighted by molar-refractivity contribution is 8.00. The van der Waals surface area contributed by atoms with Crippen LogP contribution in [0.3, 0.4) is 0 Å². The molecule has 0 amide bonds. The van der Waals surface area contributed by atoms with E-state index >= 15 is 0 Å². The molecule has 0 unspecified atom stereocenters. The maximum absolute atomic E-state index is 5.37. The number of aromatic nitrogens is 2. The van der Waals surface area contributed by atoms with Gasteiger partial charge in [-0.25, -0.2) is 4.98 Å². The zero-order chi connectivity index (χ0) is 14.7. The Kier molecular flexibility index (Phi) is 3.92. The summed E-state index contributed by atoms with van der Waals surface area (Å²) in [5.74, 6) is 0.821. The second-order valence-corrected chi connectivity index (χ2v) is 5.42. The van der Waals surface area contributed by atoms with E-state index in [0.29, 0.717) is 0 Å². The molecule has 0 radical (unpaired) electrons. The molecular weight excluding hydrogens is 282 g/mol. The first kappa shape index (κ1) is 13.7. The number of para-hydroxylation sites is 1. The van der Waals surface area contributed by atoms with Crippen LogP contribution in [0.2, 0.25) is 0 Å². The molecule has 1 aromatic carbocycles. The van der Waals surface area contributed by atoms with Crippen molar-refractivity contribution in [1.82, 2.24) is 9.97 Å². The van der Waals surface area contributed by atoms with E-state index in [9.17, 15) is 0 Å². The van der Waals surface area contributed by atoms with Crippen molar-refractivity contribution in [1.29, 1.82) is 0 Å². The zero-order valence-corrected chi connectivity index (χ0v) is 12.6. The topological polar surface area (TPSA) is 47.0 Å². The van der Waals surface area contributed by atoms with Gasteiger partial charge in [-0.1, -0.05) is 12.1 Å². The van der Waals surface area contributed by atoms with Crippen LogP contribution in [0.15, 0.2) is 53.8 Å². The molecule has 3 rings (SSSR count). The number of ether oxygens (including phenoxy) is 1. The molecule has 0 bridgehead atoms. The first-order chi connectivity index (χ1) is 10.3. The predicted molar refractivity (Wildman–Crippen MR) is 86.7 cm³/mol. The van der Waals surface area contributed by atoms with Crippen LogP contribution in [0.25, 0.3) is 10.9 Å². The lowest BCUT2D eigenvalue weighted by Gasteiger charge is -2.10. The van der Waals surface area contributed by atoms with Crippen molar-refractivity contribution in [2.75, 3.05) is 11.8 Å². The molecule has 4 nitrogen and oxygen atoms in total. The number of hydrogen-bond acceptors (Lipinski definition) is 5. The third kappa shape index (κ3) is 2.92. The highest BCUT2D eigenvalue weighted by Crippen LogP contribution is 2.30.